The van der Waals surface area contributed by atoms with E-state index in [2.05, 4.69) is 68.1 Å². The first kappa shape index (κ1) is 18.5. The van der Waals surface area contributed by atoms with Gasteiger partial charge in [0.15, 0.2) is 5.82 Å². The SMILES string of the molecule is CCc1ccc(C(Nc2ccc3nc[nH]c3c2)c2nnnn2Cc2ccccc2)s1. The first-order valence-electron chi connectivity index (χ1n) is 9.88. The Hall–Kier alpha value is -3.52. The van der Waals surface area contributed by atoms with Crippen LogP contribution in [-0.4, -0.2) is 30.2 Å². The molecule has 150 valence electrons. The average Bonchev–Trinajstić information content (AvgIpc) is 3.53. The van der Waals surface area contributed by atoms with E-state index in [-0.39, 0.29) is 6.04 Å². The van der Waals surface area contributed by atoms with Crippen LogP contribution in [0.5, 0.6) is 0 Å². The maximum absolute atomic E-state index is 4.40. The Morgan fingerprint density at radius 3 is 2.83 bits per heavy atom. The molecule has 0 aliphatic heterocycles. The summed E-state index contributed by atoms with van der Waals surface area (Å²) in [7, 11) is 0. The van der Waals surface area contributed by atoms with Crippen molar-refractivity contribution >= 4 is 28.1 Å². The van der Waals surface area contributed by atoms with E-state index in [0.29, 0.717) is 6.54 Å². The molecule has 0 bridgehead atoms. The van der Waals surface area contributed by atoms with Crippen LogP contribution in [0.1, 0.15) is 34.1 Å². The third-order valence-electron chi connectivity index (χ3n) is 5.04. The van der Waals surface area contributed by atoms with Gasteiger partial charge < -0.3 is 10.3 Å². The molecular weight excluding hydrogens is 394 g/mol. The molecule has 0 aliphatic carbocycles. The van der Waals surface area contributed by atoms with Gasteiger partial charge in [0.2, 0.25) is 0 Å². The van der Waals surface area contributed by atoms with Crippen LogP contribution in [0, 0.1) is 0 Å². The lowest BCUT2D eigenvalue weighted by atomic mass is 10.1. The predicted molar refractivity (Wildman–Crippen MR) is 119 cm³/mol. The molecule has 2 aromatic carbocycles. The number of aryl methyl sites for hydroxylation is 1. The molecule has 0 saturated heterocycles. The fourth-order valence-corrected chi connectivity index (χ4v) is 4.48. The number of H-pyrrole nitrogens is 1. The molecule has 0 radical (unpaired) electrons. The van der Waals surface area contributed by atoms with Crippen molar-refractivity contribution in [2.75, 3.05) is 5.32 Å². The number of nitrogens with zero attached hydrogens (tertiary/aromatic N) is 5. The Labute approximate surface area is 177 Å². The van der Waals surface area contributed by atoms with Crippen LogP contribution in [0.25, 0.3) is 11.0 Å². The fourth-order valence-electron chi connectivity index (χ4n) is 3.48. The largest absolute Gasteiger partial charge is 0.371 e. The molecular formula is C22H21N7S. The van der Waals surface area contributed by atoms with Crippen LogP contribution in [0.2, 0.25) is 0 Å². The number of hydrogen-bond donors (Lipinski definition) is 2. The van der Waals surface area contributed by atoms with Gasteiger partial charge in [-0.05, 0) is 52.7 Å². The number of hydrogen-bond acceptors (Lipinski definition) is 6. The van der Waals surface area contributed by atoms with Crippen LogP contribution in [0.3, 0.4) is 0 Å². The zero-order valence-corrected chi connectivity index (χ0v) is 17.3. The Balaban J connectivity index is 1.52. The van der Waals surface area contributed by atoms with Crippen LogP contribution in [0.4, 0.5) is 5.69 Å². The first-order valence-corrected chi connectivity index (χ1v) is 10.7. The van der Waals surface area contributed by atoms with Gasteiger partial charge in [-0.3, -0.25) is 0 Å². The highest BCUT2D eigenvalue weighted by Crippen LogP contribution is 2.31. The van der Waals surface area contributed by atoms with Crippen molar-refractivity contribution in [1.82, 2.24) is 30.2 Å². The van der Waals surface area contributed by atoms with Crippen LogP contribution in [-0.2, 0) is 13.0 Å². The van der Waals surface area contributed by atoms with Crippen molar-refractivity contribution in [2.45, 2.75) is 25.9 Å². The van der Waals surface area contributed by atoms with E-state index >= 15 is 0 Å². The Kier molecular flexibility index (Phi) is 4.98. The average molecular weight is 416 g/mol. The Morgan fingerprint density at radius 1 is 1.10 bits per heavy atom. The minimum absolute atomic E-state index is 0.158. The molecule has 5 rings (SSSR count). The zero-order chi connectivity index (χ0) is 20.3. The highest BCUT2D eigenvalue weighted by atomic mass is 32.1. The summed E-state index contributed by atoms with van der Waals surface area (Å²) < 4.78 is 1.87. The number of anilines is 1. The number of fused-ring (bicyclic) bond motifs is 1. The minimum atomic E-state index is -0.158. The van der Waals surface area contributed by atoms with Gasteiger partial charge >= 0.3 is 0 Å². The molecule has 0 aliphatic rings. The molecule has 8 heteroatoms. The van der Waals surface area contributed by atoms with Crippen molar-refractivity contribution in [3.05, 3.63) is 88.1 Å². The summed E-state index contributed by atoms with van der Waals surface area (Å²) in [5, 5.41) is 16.3. The topological polar surface area (TPSA) is 84.3 Å². The number of nitrogens with one attached hydrogen (secondary N) is 2. The number of imidazole rings is 1. The molecule has 30 heavy (non-hydrogen) atoms. The van der Waals surface area contributed by atoms with Gasteiger partial charge in [-0.1, -0.05) is 37.3 Å². The van der Waals surface area contributed by atoms with Gasteiger partial charge in [0, 0.05) is 15.4 Å². The maximum Gasteiger partial charge on any atom is 0.179 e. The van der Waals surface area contributed by atoms with E-state index < -0.39 is 0 Å². The van der Waals surface area contributed by atoms with Gasteiger partial charge in [-0.25, -0.2) is 9.67 Å². The molecule has 1 atom stereocenters. The number of aromatic nitrogens is 6. The highest BCUT2D eigenvalue weighted by molar-refractivity contribution is 7.12. The molecule has 0 spiro atoms. The maximum atomic E-state index is 4.40. The molecule has 2 N–H and O–H groups in total. The summed E-state index contributed by atoms with van der Waals surface area (Å²) in [6.07, 6.45) is 2.71. The zero-order valence-electron chi connectivity index (χ0n) is 16.5. The lowest BCUT2D eigenvalue weighted by molar-refractivity contribution is 0.609. The normalized spacial score (nSPS) is 12.3. The van der Waals surface area contributed by atoms with Gasteiger partial charge in [0.1, 0.15) is 6.04 Å². The third kappa shape index (κ3) is 3.69. The standard InChI is InChI=1S/C22H21N7S/c1-2-17-9-11-20(30-17)21(25-16-8-10-18-19(12-16)24-14-23-18)22-26-27-28-29(22)13-15-6-4-3-5-7-15/h3-12,14,21,25H,2,13H2,1H3,(H,23,24). The van der Waals surface area contributed by atoms with Gasteiger partial charge in [0.25, 0.3) is 0 Å². The van der Waals surface area contributed by atoms with Crippen molar-refractivity contribution in [2.24, 2.45) is 0 Å². The van der Waals surface area contributed by atoms with Gasteiger partial charge in [-0.15, -0.1) is 16.4 Å². The molecule has 3 heterocycles. The molecule has 0 fully saturated rings. The highest BCUT2D eigenvalue weighted by Gasteiger charge is 2.23. The number of thiophene rings is 1. The van der Waals surface area contributed by atoms with E-state index in [1.54, 1.807) is 17.7 Å². The van der Waals surface area contributed by atoms with Crippen molar-refractivity contribution in [3.63, 3.8) is 0 Å². The van der Waals surface area contributed by atoms with Gasteiger partial charge in [0.05, 0.1) is 23.9 Å². The second kappa shape index (κ2) is 8.08. The summed E-state index contributed by atoms with van der Waals surface area (Å²) >= 11 is 1.79. The molecule has 1 unspecified atom stereocenters. The first-order chi connectivity index (χ1) is 14.8. The van der Waals surface area contributed by atoms with Crippen molar-refractivity contribution in [1.29, 1.82) is 0 Å². The Bertz CT molecular complexity index is 1250. The van der Waals surface area contributed by atoms with Crippen molar-refractivity contribution < 1.29 is 0 Å². The fraction of sp³-hybridized carbons (Fsp3) is 0.182. The Morgan fingerprint density at radius 2 is 2.00 bits per heavy atom. The number of rotatable bonds is 7. The summed E-state index contributed by atoms with van der Waals surface area (Å²) in [6.45, 7) is 2.79. The molecule has 0 saturated carbocycles. The predicted octanol–water partition coefficient (Wildman–Crippen LogP) is 4.42. The van der Waals surface area contributed by atoms with E-state index in [9.17, 15) is 0 Å². The van der Waals surface area contributed by atoms with E-state index in [4.69, 9.17) is 0 Å². The van der Waals surface area contributed by atoms with E-state index in [0.717, 1.165) is 34.5 Å². The summed E-state index contributed by atoms with van der Waals surface area (Å²) in [5.74, 6) is 0.785. The lowest BCUT2D eigenvalue weighted by Crippen LogP contribution is -2.18. The quantitative estimate of drug-likeness (QED) is 0.411. The number of tetrazole rings is 1. The van der Waals surface area contributed by atoms with Crippen LogP contribution in [0.15, 0.2) is 67.0 Å². The second-order valence-electron chi connectivity index (χ2n) is 7.05. The van der Waals surface area contributed by atoms with Gasteiger partial charge in [-0.2, -0.15) is 0 Å². The minimum Gasteiger partial charge on any atom is -0.371 e. The smallest absolute Gasteiger partial charge is 0.179 e. The molecule has 0 amide bonds. The second-order valence-corrected chi connectivity index (χ2v) is 8.25. The third-order valence-corrected chi connectivity index (χ3v) is 6.33. The molecule has 7 nitrogen and oxygen atoms in total. The van der Waals surface area contributed by atoms with Crippen molar-refractivity contribution in [3.8, 4) is 0 Å². The summed E-state index contributed by atoms with van der Waals surface area (Å²) in [4.78, 5) is 9.99. The summed E-state index contributed by atoms with van der Waals surface area (Å²) in [6, 6.07) is 20.5. The lowest BCUT2D eigenvalue weighted by Gasteiger charge is -2.18. The monoisotopic (exact) mass is 415 g/mol. The summed E-state index contributed by atoms with van der Waals surface area (Å²) in [5.41, 5.74) is 4.07. The van der Waals surface area contributed by atoms with E-state index in [1.165, 1.54) is 9.75 Å². The number of benzene rings is 2. The molecule has 5 aromatic rings. The van der Waals surface area contributed by atoms with Crippen LogP contribution < -0.4 is 5.32 Å². The number of aromatic amines is 1. The van der Waals surface area contributed by atoms with Crippen LogP contribution >= 0.6 is 11.3 Å². The molecule has 3 aromatic heterocycles. The van der Waals surface area contributed by atoms with E-state index in [1.807, 2.05) is 35.0 Å².